The smallest absolute Gasteiger partial charge is 0.123 e. The first kappa shape index (κ1) is 12.2. The highest BCUT2D eigenvalue weighted by atomic mass is 35.5. The third-order valence-corrected chi connectivity index (χ3v) is 1.54. The molecule has 1 aromatic carbocycles. The van der Waals surface area contributed by atoms with Crippen molar-refractivity contribution in [1.82, 2.24) is 0 Å². The Morgan fingerprint density at radius 1 is 1.46 bits per heavy atom. The molecule has 0 heterocycles. The van der Waals surface area contributed by atoms with E-state index in [0.29, 0.717) is 24.5 Å². The average Bonchev–Trinajstić information content (AvgIpc) is 2.08. The molecule has 4 heteroatoms. The Kier molecular flexibility index (Phi) is 5.42. The van der Waals surface area contributed by atoms with Crippen molar-refractivity contribution in [3.05, 3.63) is 29.6 Å². The molecule has 0 atom stereocenters. The molecule has 2 N–H and O–H groups in total. The maximum Gasteiger partial charge on any atom is 0.123 e. The van der Waals surface area contributed by atoms with Gasteiger partial charge in [-0.3, -0.25) is 0 Å². The Balaban J connectivity index is 0.00000144. The fourth-order valence-corrected chi connectivity index (χ4v) is 1.00. The SMILES string of the molecule is CCOc1ccc(F)cc1CN.Cl. The highest BCUT2D eigenvalue weighted by Gasteiger charge is 2.02. The second-order valence-electron chi connectivity index (χ2n) is 2.39. The summed E-state index contributed by atoms with van der Waals surface area (Å²) in [7, 11) is 0. The van der Waals surface area contributed by atoms with E-state index in [-0.39, 0.29) is 18.2 Å². The summed E-state index contributed by atoms with van der Waals surface area (Å²) in [4.78, 5) is 0. The van der Waals surface area contributed by atoms with Crippen LogP contribution in [-0.4, -0.2) is 6.61 Å². The zero-order chi connectivity index (χ0) is 8.97. The first-order valence-electron chi connectivity index (χ1n) is 3.89. The largest absolute Gasteiger partial charge is 0.494 e. The van der Waals surface area contributed by atoms with Crippen molar-refractivity contribution in [1.29, 1.82) is 0 Å². The topological polar surface area (TPSA) is 35.2 Å². The molecule has 0 aromatic heterocycles. The van der Waals surface area contributed by atoms with Crippen LogP contribution >= 0.6 is 12.4 Å². The molecule has 0 saturated carbocycles. The van der Waals surface area contributed by atoms with Gasteiger partial charge in [0.1, 0.15) is 11.6 Å². The summed E-state index contributed by atoms with van der Waals surface area (Å²) < 4.78 is 17.9. The minimum Gasteiger partial charge on any atom is -0.494 e. The predicted octanol–water partition coefficient (Wildman–Crippen LogP) is 2.10. The van der Waals surface area contributed by atoms with Crippen molar-refractivity contribution in [2.24, 2.45) is 5.73 Å². The standard InChI is InChI=1S/C9H12FNO.ClH/c1-2-12-9-4-3-8(10)5-7(9)6-11;/h3-5H,2,6,11H2,1H3;1H. The fourth-order valence-electron chi connectivity index (χ4n) is 1.00. The van der Waals surface area contributed by atoms with Crippen LogP contribution in [0.4, 0.5) is 4.39 Å². The Bertz CT molecular complexity index is 268. The van der Waals surface area contributed by atoms with E-state index in [1.807, 2.05) is 6.92 Å². The maximum absolute atomic E-state index is 12.7. The molecule has 0 fully saturated rings. The molecule has 0 saturated heterocycles. The van der Waals surface area contributed by atoms with Crippen molar-refractivity contribution in [3.8, 4) is 5.75 Å². The lowest BCUT2D eigenvalue weighted by atomic mass is 10.2. The van der Waals surface area contributed by atoms with E-state index in [0.717, 1.165) is 0 Å². The molecule has 0 unspecified atom stereocenters. The highest BCUT2D eigenvalue weighted by Crippen LogP contribution is 2.18. The van der Waals surface area contributed by atoms with Crippen molar-refractivity contribution in [3.63, 3.8) is 0 Å². The lowest BCUT2D eigenvalue weighted by Gasteiger charge is -2.07. The average molecular weight is 206 g/mol. The van der Waals surface area contributed by atoms with Crippen LogP contribution in [0.25, 0.3) is 0 Å². The van der Waals surface area contributed by atoms with E-state index < -0.39 is 0 Å². The molecule has 1 aromatic rings. The van der Waals surface area contributed by atoms with Crippen molar-refractivity contribution < 1.29 is 9.13 Å². The molecule has 0 spiro atoms. The predicted molar refractivity (Wildman–Crippen MR) is 52.7 cm³/mol. The quantitative estimate of drug-likeness (QED) is 0.821. The van der Waals surface area contributed by atoms with Gasteiger partial charge in [0.25, 0.3) is 0 Å². The van der Waals surface area contributed by atoms with Crippen molar-refractivity contribution >= 4 is 12.4 Å². The summed E-state index contributed by atoms with van der Waals surface area (Å²) >= 11 is 0. The third kappa shape index (κ3) is 3.20. The van der Waals surface area contributed by atoms with E-state index in [1.165, 1.54) is 12.1 Å². The second kappa shape index (κ2) is 5.78. The van der Waals surface area contributed by atoms with E-state index in [9.17, 15) is 4.39 Å². The maximum atomic E-state index is 12.7. The highest BCUT2D eigenvalue weighted by molar-refractivity contribution is 5.85. The molecule has 0 aliphatic rings. The number of nitrogens with two attached hydrogens (primary N) is 1. The lowest BCUT2D eigenvalue weighted by molar-refractivity contribution is 0.336. The molecule has 13 heavy (non-hydrogen) atoms. The number of benzene rings is 1. The van der Waals surface area contributed by atoms with Crippen LogP contribution in [0.15, 0.2) is 18.2 Å². The van der Waals surface area contributed by atoms with Gasteiger partial charge in [-0.1, -0.05) is 0 Å². The van der Waals surface area contributed by atoms with Gasteiger partial charge in [-0.05, 0) is 25.1 Å². The van der Waals surface area contributed by atoms with Crippen molar-refractivity contribution in [2.45, 2.75) is 13.5 Å². The first-order valence-corrected chi connectivity index (χ1v) is 3.89. The van der Waals surface area contributed by atoms with Gasteiger partial charge < -0.3 is 10.5 Å². The van der Waals surface area contributed by atoms with Gasteiger partial charge in [-0.25, -0.2) is 4.39 Å². The number of hydrogen-bond donors (Lipinski definition) is 1. The second-order valence-corrected chi connectivity index (χ2v) is 2.39. The summed E-state index contributed by atoms with van der Waals surface area (Å²) in [6.07, 6.45) is 0. The van der Waals surface area contributed by atoms with Gasteiger partial charge in [-0.2, -0.15) is 0 Å². The van der Waals surface area contributed by atoms with Gasteiger partial charge in [0, 0.05) is 12.1 Å². The van der Waals surface area contributed by atoms with E-state index in [1.54, 1.807) is 6.07 Å². The Morgan fingerprint density at radius 2 is 2.15 bits per heavy atom. The van der Waals surface area contributed by atoms with Crippen LogP contribution in [0.5, 0.6) is 5.75 Å². The molecular formula is C9H13ClFNO. The van der Waals surface area contributed by atoms with Gasteiger partial charge in [0.05, 0.1) is 6.61 Å². The van der Waals surface area contributed by atoms with E-state index >= 15 is 0 Å². The first-order chi connectivity index (χ1) is 5.77. The molecule has 1 rings (SSSR count). The number of halogens is 2. The van der Waals surface area contributed by atoms with Crippen LogP contribution in [-0.2, 0) is 6.54 Å². The van der Waals surface area contributed by atoms with E-state index in [4.69, 9.17) is 10.5 Å². The molecule has 0 bridgehead atoms. The molecule has 2 nitrogen and oxygen atoms in total. The van der Waals surface area contributed by atoms with Gasteiger partial charge in [0.15, 0.2) is 0 Å². The Morgan fingerprint density at radius 3 is 2.69 bits per heavy atom. The van der Waals surface area contributed by atoms with Crippen LogP contribution in [0.2, 0.25) is 0 Å². The summed E-state index contributed by atoms with van der Waals surface area (Å²) in [6.45, 7) is 2.75. The molecule has 0 aliphatic carbocycles. The fraction of sp³-hybridized carbons (Fsp3) is 0.333. The summed E-state index contributed by atoms with van der Waals surface area (Å²) in [6, 6.07) is 4.36. The van der Waals surface area contributed by atoms with Gasteiger partial charge >= 0.3 is 0 Å². The van der Waals surface area contributed by atoms with Gasteiger partial charge in [0.2, 0.25) is 0 Å². The Hall–Kier alpha value is -0.800. The summed E-state index contributed by atoms with van der Waals surface area (Å²) in [5.41, 5.74) is 6.11. The molecule has 0 radical (unpaired) electrons. The van der Waals surface area contributed by atoms with Crippen molar-refractivity contribution in [2.75, 3.05) is 6.61 Å². The number of rotatable bonds is 3. The normalized spacial score (nSPS) is 9.15. The molecular weight excluding hydrogens is 193 g/mol. The van der Waals surface area contributed by atoms with Crippen LogP contribution in [0.1, 0.15) is 12.5 Å². The Labute approximate surface area is 83.3 Å². The molecule has 74 valence electrons. The van der Waals surface area contributed by atoms with Crippen LogP contribution < -0.4 is 10.5 Å². The zero-order valence-corrected chi connectivity index (χ0v) is 8.23. The number of hydrogen-bond acceptors (Lipinski definition) is 2. The molecule has 0 amide bonds. The minimum absolute atomic E-state index is 0. The van der Waals surface area contributed by atoms with Crippen LogP contribution in [0.3, 0.4) is 0 Å². The zero-order valence-electron chi connectivity index (χ0n) is 7.42. The lowest BCUT2D eigenvalue weighted by Crippen LogP contribution is -2.02. The third-order valence-electron chi connectivity index (χ3n) is 1.54. The van der Waals surface area contributed by atoms with Crippen LogP contribution in [0, 0.1) is 5.82 Å². The summed E-state index contributed by atoms with van der Waals surface area (Å²) in [5.74, 6) is 0.389. The van der Waals surface area contributed by atoms with E-state index in [2.05, 4.69) is 0 Å². The van der Waals surface area contributed by atoms with Gasteiger partial charge in [-0.15, -0.1) is 12.4 Å². The number of ether oxygens (including phenoxy) is 1. The minimum atomic E-state index is -0.279. The summed E-state index contributed by atoms with van der Waals surface area (Å²) in [5, 5.41) is 0. The monoisotopic (exact) mass is 205 g/mol. The molecule has 0 aliphatic heterocycles.